The molecule has 0 saturated heterocycles. The third kappa shape index (κ3) is 7.38. The van der Waals surface area contributed by atoms with Gasteiger partial charge in [0, 0.05) is 37.7 Å². The van der Waals surface area contributed by atoms with Crippen LogP contribution >= 0.6 is 0 Å². The van der Waals surface area contributed by atoms with Gasteiger partial charge >= 0.3 is 0 Å². The zero-order chi connectivity index (χ0) is 23.9. The van der Waals surface area contributed by atoms with Crippen LogP contribution in [0.3, 0.4) is 0 Å². The summed E-state index contributed by atoms with van der Waals surface area (Å²) in [5.41, 5.74) is 3.75. The fourth-order valence-electron chi connectivity index (χ4n) is 4.52. The van der Waals surface area contributed by atoms with E-state index in [9.17, 15) is 15.2 Å². The first-order chi connectivity index (χ1) is 15.1. The lowest BCUT2D eigenvalue weighted by Crippen LogP contribution is -2.39. The summed E-state index contributed by atoms with van der Waals surface area (Å²) in [5, 5.41) is 19.6. The SMILES string of the molecule is CCN(CCC(C)(C)CN(C(C)=O)C1=CC(C#N)=CCCC1)CC1C=C(C)C(C)=C(O)C1. The second kappa shape index (κ2) is 11.5. The van der Waals surface area contributed by atoms with Crippen LogP contribution in [-0.2, 0) is 4.79 Å². The quantitative estimate of drug-likeness (QED) is 0.486. The highest BCUT2D eigenvalue weighted by Crippen LogP contribution is 2.30. The van der Waals surface area contributed by atoms with Crippen molar-refractivity contribution in [3.63, 3.8) is 0 Å². The molecule has 0 aromatic rings. The van der Waals surface area contributed by atoms with Crippen molar-refractivity contribution in [2.45, 2.75) is 73.6 Å². The van der Waals surface area contributed by atoms with Crippen molar-refractivity contribution in [1.82, 2.24) is 9.80 Å². The Balaban J connectivity index is 2.01. The van der Waals surface area contributed by atoms with E-state index in [0.29, 0.717) is 30.2 Å². The van der Waals surface area contributed by atoms with Crippen molar-refractivity contribution in [2.24, 2.45) is 11.3 Å². The Morgan fingerprint density at radius 1 is 1.34 bits per heavy atom. The fraction of sp³-hybridized carbons (Fsp3) is 0.630. The van der Waals surface area contributed by atoms with Gasteiger partial charge in [-0.1, -0.05) is 32.9 Å². The second-order valence-corrected chi connectivity index (χ2v) is 10.1. The van der Waals surface area contributed by atoms with Crippen molar-refractivity contribution in [1.29, 1.82) is 5.26 Å². The van der Waals surface area contributed by atoms with Gasteiger partial charge in [0.25, 0.3) is 0 Å². The molecule has 2 aliphatic carbocycles. The van der Waals surface area contributed by atoms with Gasteiger partial charge in [0.05, 0.1) is 11.8 Å². The van der Waals surface area contributed by atoms with Gasteiger partial charge in [0.1, 0.15) is 0 Å². The molecule has 0 aromatic heterocycles. The molecule has 32 heavy (non-hydrogen) atoms. The third-order valence-corrected chi connectivity index (χ3v) is 6.78. The van der Waals surface area contributed by atoms with Crippen molar-refractivity contribution in [3.05, 3.63) is 46.4 Å². The van der Waals surface area contributed by atoms with E-state index in [2.05, 4.69) is 44.7 Å². The van der Waals surface area contributed by atoms with Gasteiger partial charge < -0.3 is 14.9 Å². The number of nitriles is 1. The minimum Gasteiger partial charge on any atom is -0.512 e. The minimum atomic E-state index is -0.0558. The monoisotopic (exact) mass is 439 g/mol. The van der Waals surface area contributed by atoms with Gasteiger partial charge in [-0.15, -0.1) is 0 Å². The normalized spacial score (nSPS) is 19.7. The molecule has 5 nitrogen and oxygen atoms in total. The number of nitrogens with zero attached hydrogens (tertiary/aromatic N) is 3. The van der Waals surface area contributed by atoms with Crippen LogP contribution in [0.4, 0.5) is 0 Å². The molecule has 1 N–H and O–H groups in total. The van der Waals surface area contributed by atoms with E-state index >= 15 is 0 Å². The first-order valence-corrected chi connectivity index (χ1v) is 11.9. The van der Waals surface area contributed by atoms with Crippen LogP contribution in [0.25, 0.3) is 0 Å². The topological polar surface area (TPSA) is 67.6 Å². The summed E-state index contributed by atoms with van der Waals surface area (Å²) in [6, 6.07) is 2.24. The van der Waals surface area contributed by atoms with E-state index < -0.39 is 0 Å². The van der Waals surface area contributed by atoms with E-state index in [1.165, 1.54) is 5.57 Å². The van der Waals surface area contributed by atoms with Gasteiger partial charge in [0.15, 0.2) is 0 Å². The van der Waals surface area contributed by atoms with Gasteiger partial charge in [0.2, 0.25) is 5.91 Å². The largest absolute Gasteiger partial charge is 0.512 e. The fourth-order valence-corrected chi connectivity index (χ4v) is 4.52. The number of allylic oxidation sites excluding steroid dienone is 7. The Morgan fingerprint density at radius 3 is 2.66 bits per heavy atom. The van der Waals surface area contributed by atoms with Gasteiger partial charge in [-0.05, 0) is 81.2 Å². The van der Waals surface area contributed by atoms with Crippen LogP contribution in [0.15, 0.2) is 46.4 Å². The number of hydrogen-bond acceptors (Lipinski definition) is 4. The van der Waals surface area contributed by atoms with Crippen LogP contribution in [-0.4, -0.2) is 47.0 Å². The molecule has 0 heterocycles. The summed E-state index contributed by atoms with van der Waals surface area (Å²) in [7, 11) is 0. The Morgan fingerprint density at radius 2 is 2.06 bits per heavy atom. The number of carbonyl (C=O) groups is 1. The summed E-state index contributed by atoms with van der Waals surface area (Å²) in [5.74, 6) is 0.894. The predicted octanol–water partition coefficient (Wildman–Crippen LogP) is 5.89. The van der Waals surface area contributed by atoms with Crippen LogP contribution in [0.1, 0.15) is 73.6 Å². The molecule has 1 amide bonds. The number of hydrogen-bond donors (Lipinski definition) is 1. The first-order valence-electron chi connectivity index (χ1n) is 11.9. The van der Waals surface area contributed by atoms with E-state index in [1.807, 2.05) is 24.0 Å². The van der Waals surface area contributed by atoms with Crippen molar-refractivity contribution >= 4 is 5.91 Å². The molecule has 0 bridgehead atoms. The summed E-state index contributed by atoms with van der Waals surface area (Å²) < 4.78 is 0. The van der Waals surface area contributed by atoms with Crippen molar-refractivity contribution in [3.8, 4) is 6.07 Å². The molecular weight excluding hydrogens is 398 g/mol. The van der Waals surface area contributed by atoms with E-state index in [0.717, 1.165) is 56.6 Å². The molecule has 2 aliphatic rings. The highest BCUT2D eigenvalue weighted by Gasteiger charge is 2.27. The molecule has 0 radical (unpaired) electrons. The van der Waals surface area contributed by atoms with Crippen LogP contribution < -0.4 is 0 Å². The van der Waals surface area contributed by atoms with Crippen molar-refractivity contribution < 1.29 is 9.90 Å². The molecule has 1 unspecified atom stereocenters. The summed E-state index contributed by atoms with van der Waals surface area (Å²) in [6.45, 7) is 15.8. The molecule has 5 heteroatoms. The molecule has 0 fully saturated rings. The number of carbonyl (C=O) groups excluding carboxylic acids is 1. The summed E-state index contributed by atoms with van der Waals surface area (Å²) >= 11 is 0. The lowest BCUT2D eigenvalue weighted by molar-refractivity contribution is -0.128. The van der Waals surface area contributed by atoms with Crippen LogP contribution in [0, 0.1) is 22.7 Å². The summed E-state index contributed by atoms with van der Waals surface area (Å²) in [6.07, 6.45) is 10.5. The Kier molecular flexibility index (Phi) is 9.33. The predicted molar refractivity (Wildman–Crippen MR) is 131 cm³/mol. The molecular formula is C27H41N3O2. The zero-order valence-electron chi connectivity index (χ0n) is 20.9. The number of aliphatic hydroxyl groups excluding tert-OH is 1. The van der Waals surface area contributed by atoms with E-state index in [4.69, 9.17) is 0 Å². The number of aliphatic hydroxyl groups is 1. The van der Waals surface area contributed by atoms with Gasteiger partial charge in [-0.3, -0.25) is 4.79 Å². The zero-order valence-corrected chi connectivity index (χ0v) is 20.9. The van der Waals surface area contributed by atoms with Crippen LogP contribution in [0.2, 0.25) is 0 Å². The molecule has 1 atom stereocenters. The van der Waals surface area contributed by atoms with Crippen LogP contribution in [0.5, 0.6) is 0 Å². The maximum atomic E-state index is 12.5. The third-order valence-electron chi connectivity index (χ3n) is 6.78. The molecule has 0 spiro atoms. The molecule has 0 saturated carbocycles. The Hall–Kier alpha value is -2.32. The Bertz CT molecular complexity index is 855. The lowest BCUT2D eigenvalue weighted by Gasteiger charge is -2.36. The smallest absolute Gasteiger partial charge is 0.223 e. The van der Waals surface area contributed by atoms with E-state index in [-0.39, 0.29) is 11.3 Å². The highest BCUT2D eigenvalue weighted by molar-refractivity contribution is 5.75. The average Bonchev–Trinajstić information content (AvgIpc) is 2.98. The molecule has 2 rings (SSSR count). The number of rotatable bonds is 9. The Labute approximate surface area is 194 Å². The standard InChI is InChI=1S/C27H41N3O2/c1-7-29(18-24-14-20(2)21(3)26(32)16-24)13-12-27(5,6)19-30(22(4)31)25-11-9-8-10-23(15-25)17-28/h10,14-15,24,32H,7-9,11-13,16,18-19H2,1-6H3. The molecule has 0 aliphatic heterocycles. The lowest BCUT2D eigenvalue weighted by atomic mass is 9.87. The first kappa shape index (κ1) is 25.9. The molecule has 0 aromatic carbocycles. The van der Waals surface area contributed by atoms with Crippen molar-refractivity contribution in [2.75, 3.05) is 26.2 Å². The highest BCUT2D eigenvalue weighted by atomic mass is 16.3. The average molecular weight is 440 g/mol. The van der Waals surface area contributed by atoms with E-state index in [1.54, 1.807) is 6.92 Å². The summed E-state index contributed by atoms with van der Waals surface area (Å²) in [4.78, 5) is 16.8. The second-order valence-electron chi connectivity index (χ2n) is 10.1. The number of amides is 1. The van der Waals surface area contributed by atoms with Gasteiger partial charge in [-0.2, -0.15) is 5.26 Å². The minimum absolute atomic E-state index is 0.0383. The molecule has 176 valence electrons. The van der Waals surface area contributed by atoms with Gasteiger partial charge in [-0.25, -0.2) is 0 Å². The maximum Gasteiger partial charge on any atom is 0.223 e. The maximum absolute atomic E-state index is 12.5.